The zero-order valence-electron chi connectivity index (χ0n) is 17.2. The van der Waals surface area contributed by atoms with Crippen LogP contribution in [-0.2, 0) is 11.2 Å². The molecule has 1 amide bonds. The molecule has 0 unspecified atom stereocenters. The van der Waals surface area contributed by atoms with Crippen LogP contribution in [-0.4, -0.2) is 38.7 Å². The Bertz CT molecular complexity index is 1320. The van der Waals surface area contributed by atoms with E-state index in [2.05, 4.69) is 23.3 Å². The van der Waals surface area contributed by atoms with Gasteiger partial charge in [-0.05, 0) is 36.2 Å². The number of hydrogen-bond acceptors (Lipinski definition) is 5. The predicted molar refractivity (Wildman–Crippen MR) is 124 cm³/mol. The van der Waals surface area contributed by atoms with Gasteiger partial charge >= 0.3 is 0 Å². The number of benzene rings is 2. The number of carbonyl (C=O) groups is 1. The molecule has 0 atom stereocenters. The zero-order valence-corrected chi connectivity index (χ0v) is 18.0. The lowest BCUT2D eigenvalue weighted by Crippen LogP contribution is -2.20. The van der Waals surface area contributed by atoms with Crippen LogP contribution in [0.3, 0.4) is 0 Å². The Kier molecular flexibility index (Phi) is 4.99. The summed E-state index contributed by atoms with van der Waals surface area (Å²) in [5.41, 5.74) is 4.90. The van der Waals surface area contributed by atoms with Crippen molar-refractivity contribution in [2.75, 3.05) is 12.9 Å². The van der Waals surface area contributed by atoms with Gasteiger partial charge in [0.2, 0.25) is 5.91 Å². The maximum atomic E-state index is 11.6. The van der Waals surface area contributed by atoms with Crippen molar-refractivity contribution in [1.29, 1.82) is 0 Å². The number of aliphatic imine (C=N–C) groups is 1. The summed E-state index contributed by atoms with van der Waals surface area (Å²) in [7, 11) is 1.66. The first-order valence-electron chi connectivity index (χ1n) is 10.0. The maximum absolute atomic E-state index is 11.6. The molecule has 0 aliphatic carbocycles. The van der Waals surface area contributed by atoms with E-state index in [9.17, 15) is 4.79 Å². The fourth-order valence-electron chi connectivity index (χ4n) is 3.70. The van der Waals surface area contributed by atoms with Crippen molar-refractivity contribution < 1.29 is 9.53 Å². The summed E-state index contributed by atoms with van der Waals surface area (Å²) in [4.78, 5) is 19.7. The highest BCUT2D eigenvalue weighted by Crippen LogP contribution is 2.34. The number of ether oxygens (including phenoxy) is 1. The SMILES string of the molecule is CCc1ccccc1-n1nc(-c2c[nH]c3ccc(OC)cc23)cc1N=C1NC(=O)CS1. The summed E-state index contributed by atoms with van der Waals surface area (Å²) in [6.07, 6.45) is 2.82. The van der Waals surface area contributed by atoms with Crippen LogP contribution in [0.25, 0.3) is 27.8 Å². The van der Waals surface area contributed by atoms with Crippen molar-refractivity contribution in [3.8, 4) is 22.7 Å². The quantitative estimate of drug-likeness (QED) is 0.489. The predicted octanol–water partition coefficient (Wildman–Crippen LogP) is 4.44. The molecule has 1 fully saturated rings. The van der Waals surface area contributed by atoms with E-state index < -0.39 is 0 Å². The van der Waals surface area contributed by atoms with Crippen molar-refractivity contribution in [2.24, 2.45) is 4.99 Å². The summed E-state index contributed by atoms with van der Waals surface area (Å²) >= 11 is 1.40. The number of aromatic nitrogens is 3. The number of hydrogen-bond donors (Lipinski definition) is 2. The molecule has 1 aliphatic rings. The second-order valence-corrected chi connectivity index (χ2v) is 8.11. The van der Waals surface area contributed by atoms with Crippen molar-refractivity contribution in [2.45, 2.75) is 13.3 Å². The number of thioether (sulfide) groups is 1. The Balaban J connectivity index is 1.69. The number of nitrogens with one attached hydrogen (secondary N) is 2. The van der Waals surface area contributed by atoms with Crippen LogP contribution in [0.15, 0.2) is 59.7 Å². The van der Waals surface area contributed by atoms with Gasteiger partial charge in [-0.1, -0.05) is 36.9 Å². The highest BCUT2D eigenvalue weighted by Gasteiger charge is 2.20. The largest absolute Gasteiger partial charge is 0.497 e. The van der Waals surface area contributed by atoms with Gasteiger partial charge in [-0.2, -0.15) is 5.10 Å². The highest BCUT2D eigenvalue weighted by molar-refractivity contribution is 8.15. The monoisotopic (exact) mass is 431 g/mol. The van der Waals surface area contributed by atoms with E-state index in [1.54, 1.807) is 7.11 Å². The molecule has 156 valence electrons. The molecule has 3 heterocycles. The zero-order chi connectivity index (χ0) is 21.4. The average molecular weight is 432 g/mol. The Morgan fingerprint density at radius 2 is 2.10 bits per heavy atom. The summed E-state index contributed by atoms with van der Waals surface area (Å²) in [6, 6.07) is 16.0. The van der Waals surface area contributed by atoms with E-state index >= 15 is 0 Å². The van der Waals surface area contributed by atoms with E-state index in [4.69, 9.17) is 14.8 Å². The molecule has 7 nitrogen and oxygen atoms in total. The summed E-state index contributed by atoms with van der Waals surface area (Å²) < 4.78 is 7.26. The summed E-state index contributed by atoms with van der Waals surface area (Å²) in [5, 5.41) is 9.35. The van der Waals surface area contributed by atoms with Crippen LogP contribution in [0.4, 0.5) is 5.82 Å². The molecule has 4 aromatic rings. The third-order valence-electron chi connectivity index (χ3n) is 5.26. The Labute approximate surface area is 183 Å². The van der Waals surface area contributed by atoms with Gasteiger partial charge in [0.15, 0.2) is 11.0 Å². The second kappa shape index (κ2) is 7.96. The van der Waals surface area contributed by atoms with E-state index in [0.717, 1.165) is 40.0 Å². The highest BCUT2D eigenvalue weighted by atomic mass is 32.2. The first-order valence-corrected chi connectivity index (χ1v) is 11.0. The molecule has 2 N–H and O–H groups in total. The Morgan fingerprint density at radius 3 is 2.87 bits per heavy atom. The molecule has 0 radical (unpaired) electrons. The number of amidine groups is 1. The van der Waals surface area contributed by atoms with Gasteiger partial charge in [0.05, 0.1) is 24.2 Å². The fourth-order valence-corrected chi connectivity index (χ4v) is 4.39. The molecule has 2 aromatic carbocycles. The Hall–Kier alpha value is -3.52. The minimum absolute atomic E-state index is 0.0345. The number of aromatic amines is 1. The molecule has 0 spiro atoms. The lowest BCUT2D eigenvalue weighted by atomic mass is 10.1. The van der Waals surface area contributed by atoms with E-state index in [1.807, 2.05) is 53.3 Å². The Morgan fingerprint density at radius 1 is 1.23 bits per heavy atom. The average Bonchev–Trinajstić information content (AvgIpc) is 3.51. The molecular formula is C23H21N5O2S. The van der Waals surface area contributed by atoms with Crippen LogP contribution in [0.2, 0.25) is 0 Å². The van der Waals surface area contributed by atoms with E-state index in [-0.39, 0.29) is 5.91 Å². The van der Waals surface area contributed by atoms with Gasteiger partial charge in [0.25, 0.3) is 0 Å². The molecule has 5 rings (SSSR count). The van der Waals surface area contributed by atoms with Crippen molar-refractivity contribution in [3.05, 3.63) is 60.3 Å². The third-order valence-corrected chi connectivity index (χ3v) is 6.13. The van der Waals surface area contributed by atoms with Crippen LogP contribution in [0, 0.1) is 0 Å². The third kappa shape index (κ3) is 3.59. The number of para-hydroxylation sites is 1. The lowest BCUT2D eigenvalue weighted by Gasteiger charge is -2.09. The number of nitrogens with zero attached hydrogens (tertiary/aromatic N) is 3. The number of aryl methyl sites for hydroxylation is 1. The van der Waals surface area contributed by atoms with E-state index in [0.29, 0.717) is 16.7 Å². The normalized spacial score (nSPS) is 15.0. The van der Waals surface area contributed by atoms with Gasteiger partial charge in [0.1, 0.15) is 5.75 Å². The van der Waals surface area contributed by atoms with Gasteiger partial charge in [-0.3, -0.25) is 4.79 Å². The van der Waals surface area contributed by atoms with Gasteiger partial charge in [-0.15, -0.1) is 0 Å². The van der Waals surface area contributed by atoms with Crippen LogP contribution in [0.1, 0.15) is 12.5 Å². The molecular weight excluding hydrogens is 410 g/mol. The van der Waals surface area contributed by atoms with Crippen molar-refractivity contribution in [1.82, 2.24) is 20.1 Å². The van der Waals surface area contributed by atoms with E-state index in [1.165, 1.54) is 17.3 Å². The first kappa shape index (κ1) is 19.4. The number of carbonyl (C=O) groups excluding carboxylic acids is 1. The van der Waals surface area contributed by atoms with Crippen LogP contribution in [0.5, 0.6) is 5.75 Å². The number of H-pyrrole nitrogens is 1. The summed E-state index contributed by atoms with van der Waals surface area (Å²) in [6.45, 7) is 2.12. The maximum Gasteiger partial charge on any atom is 0.236 e. The minimum atomic E-state index is -0.0345. The molecule has 2 aromatic heterocycles. The lowest BCUT2D eigenvalue weighted by molar-refractivity contribution is -0.116. The second-order valence-electron chi connectivity index (χ2n) is 7.15. The number of fused-ring (bicyclic) bond motifs is 1. The van der Waals surface area contributed by atoms with Gasteiger partial charge < -0.3 is 15.0 Å². The smallest absolute Gasteiger partial charge is 0.236 e. The standard InChI is InChI=1S/C23H21N5O2S/c1-3-14-6-4-5-7-20(14)28-21(25-23-26-22(29)13-31-23)11-19(27-28)17-12-24-18-9-8-15(30-2)10-16(17)18/h4-12,24H,3,13H2,1-2H3,(H,25,26,29). The van der Waals surface area contributed by atoms with Crippen LogP contribution < -0.4 is 10.1 Å². The van der Waals surface area contributed by atoms with Crippen molar-refractivity contribution in [3.63, 3.8) is 0 Å². The van der Waals surface area contributed by atoms with Gasteiger partial charge in [-0.25, -0.2) is 9.67 Å². The molecule has 0 saturated carbocycles. The van der Waals surface area contributed by atoms with Gasteiger partial charge in [0, 0.05) is 28.7 Å². The summed E-state index contributed by atoms with van der Waals surface area (Å²) in [5.74, 6) is 1.80. The molecule has 0 bridgehead atoms. The number of methoxy groups -OCH3 is 1. The molecule has 1 aliphatic heterocycles. The van der Waals surface area contributed by atoms with Crippen molar-refractivity contribution >= 4 is 39.6 Å². The molecule has 31 heavy (non-hydrogen) atoms. The first-order chi connectivity index (χ1) is 15.2. The molecule has 1 saturated heterocycles. The number of amides is 1. The number of rotatable bonds is 5. The molecule has 8 heteroatoms. The fraction of sp³-hybridized carbons (Fsp3) is 0.174. The minimum Gasteiger partial charge on any atom is -0.497 e. The van der Waals surface area contributed by atoms with Crippen LogP contribution >= 0.6 is 11.8 Å². The topological polar surface area (TPSA) is 84.3 Å².